The second-order valence-corrected chi connectivity index (χ2v) is 4.71. The maximum atomic E-state index is 13.4. The highest BCUT2D eigenvalue weighted by Gasteiger charge is 2.42. The van der Waals surface area contributed by atoms with E-state index in [1.807, 2.05) is 6.92 Å². The quantitative estimate of drug-likeness (QED) is 0.779. The fourth-order valence-electron chi connectivity index (χ4n) is 2.52. The summed E-state index contributed by atoms with van der Waals surface area (Å²) in [6, 6.07) is 3.94. The van der Waals surface area contributed by atoms with Crippen LogP contribution in [-0.2, 0) is 9.47 Å². The average Bonchev–Trinajstić information content (AvgIpc) is 2.47. The van der Waals surface area contributed by atoms with E-state index >= 15 is 0 Å². The Balaban J connectivity index is 2.39. The zero-order valence-electron chi connectivity index (χ0n) is 11.8. The van der Waals surface area contributed by atoms with Crippen LogP contribution in [0.2, 0.25) is 0 Å². The number of rotatable bonds is 5. The molecule has 0 aromatic heterocycles. The molecule has 0 bridgehead atoms. The number of carbonyl (C=O) groups is 1. The fraction of sp³-hybridized carbons (Fsp3) is 0.533. The highest BCUT2D eigenvalue weighted by Crippen LogP contribution is 2.33. The summed E-state index contributed by atoms with van der Waals surface area (Å²) < 4.78 is 29.6. The van der Waals surface area contributed by atoms with Gasteiger partial charge in [-0.15, -0.1) is 0 Å². The van der Waals surface area contributed by atoms with Crippen LogP contribution < -0.4 is 4.74 Å². The van der Waals surface area contributed by atoms with E-state index in [-0.39, 0.29) is 11.3 Å². The van der Waals surface area contributed by atoms with Crippen LogP contribution in [0.3, 0.4) is 0 Å². The van der Waals surface area contributed by atoms with Crippen molar-refractivity contribution in [2.75, 3.05) is 26.9 Å². The third-order valence-electron chi connectivity index (χ3n) is 3.54. The zero-order chi connectivity index (χ0) is 14.6. The molecule has 1 aliphatic heterocycles. The molecule has 0 amide bonds. The Labute approximate surface area is 117 Å². The van der Waals surface area contributed by atoms with Crippen molar-refractivity contribution in [1.82, 2.24) is 0 Å². The Morgan fingerprint density at radius 1 is 1.40 bits per heavy atom. The van der Waals surface area contributed by atoms with E-state index in [0.29, 0.717) is 38.4 Å². The van der Waals surface area contributed by atoms with Gasteiger partial charge in [0.05, 0.1) is 12.7 Å². The normalized spacial score (nSPS) is 17.8. The first-order valence-electron chi connectivity index (χ1n) is 6.73. The van der Waals surface area contributed by atoms with Crippen molar-refractivity contribution in [3.63, 3.8) is 0 Å². The van der Waals surface area contributed by atoms with Crippen LogP contribution >= 0.6 is 0 Å². The van der Waals surface area contributed by atoms with Gasteiger partial charge in [0.15, 0.2) is 5.78 Å². The fourth-order valence-corrected chi connectivity index (χ4v) is 2.52. The Kier molecular flexibility index (Phi) is 4.73. The van der Waals surface area contributed by atoms with Crippen molar-refractivity contribution in [2.24, 2.45) is 0 Å². The van der Waals surface area contributed by atoms with Gasteiger partial charge in [-0.05, 0) is 25.1 Å². The minimum absolute atomic E-state index is 0.225. The summed E-state index contributed by atoms with van der Waals surface area (Å²) in [7, 11) is 1.46. The molecule has 0 atom stereocenters. The highest BCUT2D eigenvalue weighted by atomic mass is 19.1. The maximum Gasteiger partial charge on any atom is 0.198 e. The van der Waals surface area contributed by atoms with E-state index in [4.69, 9.17) is 14.2 Å². The number of halogens is 1. The average molecular weight is 282 g/mol. The number of ketones is 1. The van der Waals surface area contributed by atoms with E-state index in [0.717, 1.165) is 0 Å². The second-order valence-electron chi connectivity index (χ2n) is 4.71. The minimum atomic E-state index is -0.936. The standard InChI is InChI=1S/C15H19FO4/c1-3-20-15(6-8-19-9-7-15)14(17)12-10-11(16)4-5-13(12)18-2/h4-5,10H,3,6-9H2,1-2H3. The van der Waals surface area contributed by atoms with Crippen molar-refractivity contribution in [1.29, 1.82) is 0 Å². The lowest BCUT2D eigenvalue weighted by Gasteiger charge is -2.35. The maximum absolute atomic E-state index is 13.4. The monoisotopic (exact) mass is 282 g/mol. The second kappa shape index (κ2) is 6.33. The lowest BCUT2D eigenvalue weighted by atomic mass is 9.85. The van der Waals surface area contributed by atoms with Gasteiger partial charge in [-0.3, -0.25) is 4.79 Å². The van der Waals surface area contributed by atoms with Crippen molar-refractivity contribution in [3.8, 4) is 5.75 Å². The number of hydrogen-bond acceptors (Lipinski definition) is 4. The summed E-state index contributed by atoms with van der Waals surface area (Å²) in [5.41, 5.74) is -0.712. The Hall–Kier alpha value is -1.46. The van der Waals surface area contributed by atoms with Gasteiger partial charge >= 0.3 is 0 Å². The molecule has 1 saturated heterocycles. The first kappa shape index (κ1) is 14.9. The van der Waals surface area contributed by atoms with E-state index in [2.05, 4.69) is 0 Å². The van der Waals surface area contributed by atoms with Gasteiger partial charge in [-0.2, -0.15) is 0 Å². The summed E-state index contributed by atoms with van der Waals surface area (Å²) in [6.07, 6.45) is 0.943. The molecule has 5 heteroatoms. The number of methoxy groups -OCH3 is 1. The van der Waals surface area contributed by atoms with Gasteiger partial charge in [0.25, 0.3) is 0 Å². The zero-order valence-corrected chi connectivity index (χ0v) is 11.8. The molecule has 110 valence electrons. The third kappa shape index (κ3) is 2.83. The number of carbonyl (C=O) groups excluding carboxylic acids is 1. The van der Waals surface area contributed by atoms with Crippen LogP contribution in [0, 0.1) is 5.82 Å². The van der Waals surface area contributed by atoms with Crippen LogP contribution in [0.25, 0.3) is 0 Å². The first-order valence-corrected chi connectivity index (χ1v) is 6.73. The topological polar surface area (TPSA) is 44.8 Å². The summed E-state index contributed by atoms with van der Waals surface area (Å²) in [4.78, 5) is 12.8. The molecule has 2 rings (SSSR count). The van der Waals surface area contributed by atoms with Gasteiger partial charge in [0.1, 0.15) is 17.2 Å². The predicted molar refractivity (Wildman–Crippen MR) is 71.7 cm³/mol. The largest absolute Gasteiger partial charge is 0.496 e. The van der Waals surface area contributed by atoms with Crippen LogP contribution in [0.15, 0.2) is 18.2 Å². The van der Waals surface area contributed by atoms with E-state index in [9.17, 15) is 9.18 Å². The van der Waals surface area contributed by atoms with E-state index in [1.54, 1.807) is 0 Å². The Morgan fingerprint density at radius 3 is 2.70 bits per heavy atom. The lowest BCUT2D eigenvalue weighted by Crippen LogP contribution is -2.46. The van der Waals surface area contributed by atoms with Crippen LogP contribution in [0.5, 0.6) is 5.75 Å². The van der Waals surface area contributed by atoms with Crippen molar-refractivity contribution in [2.45, 2.75) is 25.4 Å². The van der Waals surface area contributed by atoms with E-state index in [1.165, 1.54) is 25.3 Å². The molecule has 1 aliphatic rings. The summed E-state index contributed by atoms with van der Waals surface area (Å²) in [6.45, 7) is 3.18. The van der Waals surface area contributed by atoms with Crippen LogP contribution in [-0.4, -0.2) is 38.3 Å². The van der Waals surface area contributed by atoms with Crippen molar-refractivity contribution < 1.29 is 23.4 Å². The molecule has 0 saturated carbocycles. The minimum Gasteiger partial charge on any atom is -0.496 e. The van der Waals surface area contributed by atoms with Gasteiger partial charge in [-0.1, -0.05) is 0 Å². The molecule has 0 spiro atoms. The van der Waals surface area contributed by atoms with Gasteiger partial charge < -0.3 is 14.2 Å². The molecule has 1 fully saturated rings. The summed E-state index contributed by atoms with van der Waals surface area (Å²) in [5, 5.41) is 0. The predicted octanol–water partition coefficient (Wildman–Crippen LogP) is 2.60. The van der Waals surface area contributed by atoms with Crippen molar-refractivity contribution in [3.05, 3.63) is 29.6 Å². The highest BCUT2D eigenvalue weighted by molar-refractivity contribution is 6.04. The number of Topliss-reactive ketones (excluding diaryl/α,β-unsaturated/α-hetero) is 1. The molecule has 4 nitrogen and oxygen atoms in total. The molecular formula is C15H19FO4. The molecule has 1 heterocycles. The molecule has 1 aromatic rings. The number of hydrogen-bond donors (Lipinski definition) is 0. The molecule has 0 aliphatic carbocycles. The molecule has 0 N–H and O–H groups in total. The van der Waals surface area contributed by atoms with Gasteiger partial charge in [0.2, 0.25) is 0 Å². The first-order chi connectivity index (χ1) is 9.63. The van der Waals surface area contributed by atoms with Crippen LogP contribution in [0.4, 0.5) is 4.39 Å². The Morgan fingerprint density at radius 2 is 2.10 bits per heavy atom. The van der Waals surface area contributed by atoms with Gasteiger partial charge in [-0.25, -0.2) is 4.39 Å². The lowest BCUT2D eigenvalue weighted by molar-refractivity contribution is -0.0823. The number of benzene rings is 1. The van der Waals surface area contributed by atoms with Gasteiger partial charge in [0, 0.05) is 32.7 Å². The molecule has 0 radical (unpaired) electrons. The Bertz CT molecular complexity index is 475. The third-order valence-corrected chi connectivity index (χ3v) is 3.54. The molecular weight excluding hydrogens is 263 g/mol. The molecule has 0 unspecified atom stereocenters. The van der Waals surface area contributed by atoms with E-state index < -0.39 is 11.4 Å². The van der Waals surface area contributed by atoms with Crippen LogP contribution in [0.1, 0.15) is 30.1 Å². The number of ether oxygens (including phenoxy) is 3. The smallest absolute Gasteiger partial charge is 0.198 e. The molecule has 20 heavy (non-hydrogen) atoms. The summed E-state index contributed by atoms with van der Waals surface area (Å²) >= 11 is 0. The van der Waals surface area contributed by atoms with Crippen molar-refractivity contribution >= 4 is 5.78 Å². The summed E-state index contributed by atoms with van der Waals surface area (Å²) in [5.74, 6) is -0.339. The SMILES string of the molecule is CCOC1(C(=O)c2cc(F)ccc2OC)CCOCC1. The molecule has 1 aromatic carbocycles.